The number of aryl methyl sites for hydroxylation is 1. The molecule has 20 heavy (non-hydrogen) atoms. The number of rotatable bonds is 3. The van der Waals surface area contributed by atoms with E-state index >= 15 is 0 Å². The maximum atomic E-state index is 5.35. The third kappa shape index (κ3) is 2.29. The summed E-state index contributed by atoms with van der Waals surface area (Å²) in [6.07, 6.45) is 4.10. The maximum absolute atomic E-state index is 5.35. The van der Waals surface area contributed by atoms with E-state index in [2.05, 4.69) is 48.3 Å². The van der Waals surface area contributed by atoms with Crippen LogP contribution in [0.2, 0.25) is 0 Å². The van der Waals surface area contributed by atoms with Gasteiger partial charge in [-0.15, -0.1) is 0 Å². The zero-order chi connectivity index (χ0) is 13.9. The molecule has 1 N–H and O–H groups in total. The van der Waals surface area contributed by atoms with Crippen LogP contribution in [0, 0.1) is 0 Å². The van der Waals surface area contributed by atoms with Gasteiger partial charge in [0.1, 0.15) is 5.75 Å². The third-order valence-electron chi connectivity index (χ3n) is 3.94. The second-order valence-electron chi connectivity index (χ2n) is 5.09. The molecule has 0 aromatic heterocycles. The lowest BCUT2D eigenvalue weighted by molar-refractivity contribution is 0.413. The number of hydrogen-bond donors (Lipinski definition) is 1. The molecular formula is C18H19NO. The van der Waals surface area contributed by atoms with Gasteiger partial charge in [-0.25, -0.2) is 0 Å². The minimum absolute atomic E-state index is 0.313. The van der Waals surface area contributed by atoms with E-state index < -0.39 is 0 Å². The Labute approximate surface area is 120 Å². The molecule has 1 heterocycles. The van der Waals surface area contributed by atoms with Crippen molar-refractivity contribution in [2.45, 2.75) is 18.9 Å². The van der Waals surface area contributed by atoms with Gasteiger partial charge in [-0.3, -0.25) is 0 Å². The highest BCUT2D eigenvalue weighted by Gasteiger charge is 2.20. The lowest BCUT2D eigenvalue weighted by Gasteiger charge is -2.28. The zero-order valence-electron chi connectivity index (χ0n) is 11.7. The largest absolute Gasteiger partial charge is 0.497 e. The number of methoxy groups -OCH3 is 1. The highest BCUT2D eigenvalue weighted by molar-refractivity contribution is 5.60. The molecule has 102 valence electrons. The van der Waals surface area contributed by atoms with Crippen LogP contribution in [-0.2, 0) is 6.42 Å². The van der Waals surface area contributed by atoms with Gasteiger partial charge in [0.05, 0.1) is 13.2 Å². The van der Waals surface area contributed by atoms with Gasteiger partial charge < -0.3 is 10.1 Å². The summed E-state index contributed by atoms with van der Waals surface area (Å²) in [4.78, 5) is 0. The number of para-hydroxylation sites is 1. The standard InChI is InChI=1S/C18H19NO/c1-3-13-8-10-15(20-2)12-16(13)18-11-9-14-6-4-5-7-17(14)19-18/h3-8,10,12,18-19H,1,9,11H2,2H3. The smallest absolute Gasteiger partial charge is 0.119 e. The summed E-state index contributed by atoms with van der Waals surface area (Å²) in [6, 6.07) is 15.0. The number of anilines is 1. The molecule has 0 saturated carbocycles. The van der Waals surface area contributed by atoms with Crippen LogP contribution in [0.1, 0.15) is 29.2 Å². The van der Waals surface area contributed by atoms with Crippen LogP contribution in [0.3, 0.4) is 0 Å². The van der Waals surface area contributed by atoms with E-state index in [1.54, 1.807) is 7.11 Å². The molecular weight excluding hydrogens is 246 g/mol. The molecule has 1 aliphatic heterocycles. The van der Waals surface area contributed by atoms with E-state index in [9.17, 15) is 0 Å². The summed E-state index contributed by atoms with van der Waals surface area (Å²) in [5.41, 5.74) is 5.06. The van der Waals surface area contributed by atoms with Crippen molar-refractivity contribution in [1.82, 2.24) is 0 Å². The predicted molar refractivity (Wildman–Crippen MR) is 84.2 cm³/mol. The summed E-state index contributed by atoms with van der Waals surface area (Å²) in [5.74, 6) is 0.895. The highest BCUT2D eigenvalue weighted by atomic mass is 16.5. The van der Waals surface area contributed by atoms with Gasteiger partial charge in [0.25, 0.3) is 0 Å². The lowest BCUT2D eigenvalue weighted by Crippen LogP contribution is -2.18. The first kappa shape index (κ1) is 12.8. The van der Waals surface area contributed by atoms with Gasteiger partial charge in [-0.2, -0.15) is 0 Å². The van der Waals surface area contributed by atoms with Crippen LogP contribution in [-0.4, -0.2) is 7.11 Å². The Kier molecular flexibility index (Phi) is 3.46. The fraction of sp³-hybridized carbons (Fsp3) is 0.222. The van der Waals surface area contributed by atoms with Crippen molar-refractivity contribution < 1.29 is 4.74 Å². The quantitative estimate of drug-likeness (QED) is 0.886. The molecule has 0 fully saturated rings. The molecule has 3 rings (SSSR count). The highest BCUT2D eigenvalue weighted by Crippen LogP contribution is 2.35. The van der Waals surface area contributed by atoms with Gasteiger partial charge in [0.2, 0.25) is 0 Å². The van der Waals surface area contributed by atoms with Crippen molar-refractivity contribution in [2.24, 2.45) is 0 Å². The normalized spacial score (nSPS) is 16.9. The number of ether oxygens (including phenoxy) is 1. The molecule has 0 radical (unpaired) electrons. The fourth-order valence-electron chi connectivity index (χ4n) is 2.84. The lowest BCUT2D eigenvalue weighted by atomic mass is 9.90. The first-order valence-corrected chi connectivity index (χ1v) is 6.96. The van der Waals surface area contributed by atoms with E-state index in [1.807, 2.05) is 12.1 Å². The number of nitrogens with one attached hydrogen (secondary N) is 1. The summed E-state index contributed by atoms with van der Waals surface area (Å²) >= 11 is 0. The summed E-state index contributed by atoms with van der Waals surface area (Å²) < 4.78 is 5.35. The van der Waals surface area contributed by atoms with Crippen LogP contribution in [0.5, 0.6) is 5.75 Å². The predicted octanol–water partition coefficient (Wildman–Crippen LogP) is 4.44. The topological polar surface area (TPSA) is 21.3 Å². The minimum Gasteiger partial charge on any atom is -0.497 e. The minimum atomic E-state index is 0.313. The number of benzene rings is 2. The molecule has 1 aliphatic rings. The monoisotopic (exact) mass is 265 g/mol. The SMILES string of the molecule is C=Cc1ccc(OC)cc1C1CCc2ccccc2N1. The van der Waals surface area contributed by atoms with E-state index in [0.29, 0.717) is 6.04 Å². The first-order valence-electron chi connectivity index (χ1n) is 6.96. The van der Waals surface area contributed by atoms with Gasteiger partial charge in [0.15, 0.2) is 0 Å². The van der Waals surface area contributed by atoms with Gasteiger partial charge in [-0.1, -0.05) is 36.9 Å². The van der Waals surface area contributed by atoms with Crippen LogP contribution in [0.25, 0.3) is 6.08 Å². The Bertz CT molecular complexity index is 633. The fourth-order valence-corrected chi connectivity index (χ4v) is 2.84. The molecule has 1 atom stereocenters. The van der Waals surface area contributed by atoms with E-state index in [4.69, 9.17) is 4.74 Å². The number of hydrogen-bond acceptors (Lipinski definition) is 2. The second-order valence-corrected chi connectivity index (χ2v) is 5.09. The van der Waals surface area contributed by atoms with Gasteiger partial charge >= 0.3 is 0 Å². The van der Waals surface area contributed by atoms with Crippen molar-refractivity contribution in [3.05, 3.63) is 65.7 Å². The van der Waals surface area contributed by atoms with Crippen LogP contribution >= 0.6 is 0 Å². The molecule has 2 aromatic carbocycles. The van der Waals surface area contributed by atoms with Crippen LogP contribution in [0.4, 0.5) is 5.69 Å². The second kappa shape index (κ2) is 5.41. The Hall–Kier alpha value is -2.22. The molecule has 2 aromatic rings. The average molecular weight is 265 g/mol. The van der Waals surface area contributed by atoms with E-state index in [-0.39, 0.29) is 0 Å². The molecule has 0 bridgehead atoms. The van der Waals surface area contributed by atoms with Crippen molar-refractivity contribution >= 4 is 11.8 Å². The Morgan fingerprint density at radius 2 is 2.10 bits per heavy atom. The summed E-state index contributed by atoms with van der Waals surface area (Å²) in [6.45, 7) is 3.92. The van der Waals surface area contributed by atoms with Crippen molar-refractivity contribution in [3.63, 3.8) is 0 Å². The van der Waals surface area contributed by atoms with E-state index in [1.165, 1.54) is 22.4 Å². The molecule has 0 aliphatic carbocycles. The molecule has 0 amide bonds. The summed E-state index contributed by atoms with van der Waals surface area (Å²) in [5, 5.41) is 3.64. The molecule has 2 heteroatoms. The molecule has 0 spiro atoms. The van der Waals surface area contributed by atoms with Crippen molar-refractivity contribution in [2.75, 3.05) is 12.4 Å². The Balaban J connectivity index is 1.96. The maximum Gasteiger partial charge on any atom is 0.119 e. The van der Waals surface area contributed by atoms with Gasteiger partial charge in [-0.05, 0) is 47.7 Å². The molecule has 1 unspecified atom stereocenters. The van der Waals surface area contributed by atoms with E-state index in [0.717, 1.165) is 18.6 Å². The average Bonchev–Trinajstić information content (AvgIpc) is 2.53. The Morgan fingerprint density at radius 1 is 1.25 bits per heavy atom. The van der Waals surface area contributed by atoms with Crippen LogP contribution < -0.4 is 10.1 Å². The number of fused-ring (bicyclic) bond motifs is 1. The Morgan fingerprint density at radius 3 is 2.90 bits per heavy atom. The van der Waals surface area contributed by atoms with Crippen molar-refractivity contribution in [3.8, 4) is 5.75 Å². The first-order chi connectivity index (χ1) is 9.81. The molecule has 0 saturated heterocycles. The van der Waals surface area contributed by atoms with Crippen molar-refractivity contribution in [1.29, 1.82) is 0 Å². The van der Waals surface area contributed by atoms with Crippen LogP contribution in [0.15, 0.2) is 49.0 Å². The van der Waals surface area contributed by atoms with Gasteiger partial charge in [0, 0.05) is 5.69 Å². The summed E-state index contributed by atoms with van der Waals surface area (Å²) in [7, 11) is 1.70. The molecule has 2 nitrogen and oxygen atoms in total. The third-order valence-corrected chi connectivity index (χ3v) is 3.94. The zero-order valence-corrected chi connectivity index (χ0v) is 11.7.